The zero-order valence-electron chi connectivity index (χ0n) is 15.0. The molecule has 3 heterocycles. The summed E-state index contributed by atoms with van der Waals surface area (Å²) >= 11 is 0. The van der Waals surface area contributed by atoms with Gasteiger partial charge in [-0.3, -0.25) is 9.58 Å². The van der Waals surface area contributed by atoms with Crippen molar-refractivity contribution in [2.24, 2.45) is 13.0 Å². The minimum atomic E-state index is -0.182. The first-order valence-corrected chi connectivity index (χ1v) is 9.49. The number of hydrogen-bond acceptors (Lipinski definition) is 6. The second-order valence-electron chi connectivity index (χ2n) is 7.53. The fourth-order valence-corrected chi connectivity index (χ4v) is 4.35. The molecule has 7 heteroatoms. The number of anilines is 1. The van der Waals surface area contributed by atoms with Gasteiger partial charge in [-0.2, -0.15) is 5.10 Å². The summed E-state index contributed by atoms with van der Waals surface area (Å²) < 4.78 is 1.79. The molecule has 1 saturated carbocycles. The highest BCUT2D eigenvalue weighted by molar-refractivity contribution is 5.86. The van der Waals surface area contributed by atoms with E-state index in [1.165, 1.54) is 25.7 Å². The number of aromatic nitrogens is 4. The molecule has 1 unspecified atom stereocenters. The van der Waals surface area contributed by atoms with E-state index in [2.05, 4.69) is 24.9 Å². The molecule has 1 N–H and O–H groups in total. The van der Waals surface area contributed by atoms with Gasteiger partial charge in [-0.05, 0) is 12.3 Å². The number of piperazine rings is 1. The molecule has 25 heavy (non-hydrogen) atoms. The van der Waals surface area contributed by atoms with E-state index in [-0.39, 0.29) is 6.10 Å². The Morgan fingerprint density at radius 3 is 2.68 bits per heavy atom. The summed E-state index contributed by atoms with van der Waals surface area (Å²) in [5, 5.41) is 15.7. The molecule has 7 nitrogen and oxygen atoms in total. The maximum atomic E-state index is 10.4. The molecule has 136 valence electrons. The van der Waals surface area contributed by atoms with E-state index < -0.39 is 0 Å². The maximum Gasteiger partial charge on any atom is 0.163 e. The van der Waals surface area contributed by atoms with Crippen LogP contribution in [0.1, 0.15) is 32.1 Å². The van der Waals surface area contributed by atoms with Crippen molar-refractivity contribution in [1.82, 2.24) is 24.6 Å². The van der Waals surface area contributed by atoms with Gasteiger partial charge in [0.05, 0.1) is 17.7 Å². The van der Waals surface area contributed by atoms with Crippen LogP contribution in [0.15, 0.2) is 12.5 Å². The zero-order chi connectivity index (χ0) is 17.2. The molecule has 2 aromatic rings. The number of aryl methyl sites for hydroxylation is 1. The molecule has 1 aliphatic carbocycles. The van der Waals surface area contributed by atoms with Gasteiger partial charge in [0.25, 0.3) is 0 Å². The summed E-state index contributed by atoms with van der Waals surface area (Å²) in [4.78, 5) is 13.5. The summed E-state index contributed by atoms with van der Waals surface area (Å²) in [5.74, 6) is 1.72. The van der Waals surface area contributed by atoms with E-state index in [0.717, 1.165) is 61.9 Å². The van der Waals surface area contributed by atoms with E-state index in [1.54, 1.807) is 11.0 Å². The normalized spacial score (nSPS) is 21.3. The van der Waals surface area contributed by atoms with Gasteiger partial charge in [0.15, 0.2) is 5.65 Å². The molecule has 1 saturated heterocycles. The van der Waals surface area contributed by atoms with Gasteiger partial charge in [-0.15, -0.1) is 0 Å². The van der Waals surface area contributed by atoms with Crippen LogP contribution in [0, 0.1) is 5.92 Å². The Balaban J connectivity index is 1.33. The molecule has 2 fully saturated rings. The Morgan fingerprint density at radius 2 is 1.92 bits per heavy atom. The quantitative estimate of drug-likeness (QED) is 0.885. The van der Waals surface area contributed by atoms with Crippen molar-refractivity contribution in [3.05, 3.63) is 12.5 Å². The SMILES string of the molecule is Cn1ncc2c(N3CCN(CC(O)CC4CCCC4)CC3)ncnc21. The number of aliphatic hydroxyl groups is 1. The van der Waals surface area contributed by atoms with Crippen molar-refractivity contribution < 1.29 is 5.11 Å². The Bertz CT molecular complexity index is 703. The van der Waals surface area contributed by atoms with Gasteiger partial charge in [-0.1, -0.05) is 25.7 Å². The fraction of sp³-hybridized carbons (Fsp3) is 0.722. The molecule has 0 bridgehead atoms. The zero-order valence-corrected chi connectivity index (χ0v) is 15.0. The van der Waals surface area contributed by atoms with Crippen LogP contribution >= 0.6 is 0 Å². The first kappa shape index (κ1) is 16.7. The third kappa shape index (κ3) is 3.62. The van der Waals surface area contributed by atoms with Gasteiger partial charge >= 0.3 is 0 Å². The largest absolute Gasteiger partial charge is 0.392 e. The van der Waals surface area contributed by atoms with E-state index in [0.29, 0.717) is 0 Å². The minimum Gasteiger partial charge on any atom is -0.392 e. The maximum absolute atomic E-state index is 10.4. The summed E-state index contributed by atoms with van der Waals surface area (Å²) in [5.41, 5.74) is 0.874. The van der Waals surface area contributed by atoms with Crippen LogP contribution in [0.5, 0.6) is 0 Å². The van der Waals surface area contributed by atoms with Crippen LogP contribution in [0.25, 0.3) is 11.0 Å². The third-order valence-electron chi connectivity index (χ3n) is 5.73. The number of fused-ring (bicyclic) bond motifs is 1. The predicted molar refractivity (Wildman–Crippen MR) is 97.5 cm³/mol. The molecule has 0 aromatic carbocycles. The average molecular weight is 344 g/mol. The lowest BCUT2D eigenvalue weighted by Gasteiger charge is -2.36. The van der Waals surface area contributed by atoms with Crippen LogP contribution < -0.4 is 4.90 Å². The molecule has 1 aliphatic heterocycles. The minimum absolute atomic E-state index is 0.182. The van der Waals surface area contributed by atoms with Crippen molar-refractivity contribution in [3.63, 3.8) is 0 Å². The van der Waals surface area contributed by atoms with Crippen molar-refractivity contribution in [3.8, 4) is 0 Å². The molecule has 2 aliphatic rings. The molecular weight excluding hydrogens is 316 g/mol. The van der Waals surface area contributed by atoms with E-state index in [1.807, 2.05) is 13.2 Å². The Morgan fingerprint density at radius 1 is 1.16 bits per heavy atom. The number of aliphatic hydroxyl groups excluding tert-OH is 1. The molecule has 1 atom stereocenters. The lowest BCUT2D eigenvalue weighted by Crippen LogP contribution is -2.49. The van der Waals surface area contributed by atoms with Crippen molar-refractivity contribution in [2.45, 2.75) is 38.2 Å². The highest BCUT2D eigenvalue weighted by atomic mass is 16.3. The van der Waals surface area contributed by atoms with Gasteiger partial charge < -0.3 is 10.0 Å². The lowest BCUT2D eigenvalue weighted by molar-refractivity contribution is 0.0884. The van der Waals surface area contributed by atoms with Crippen LogP contribution in [-0.4, -0.2) is 68.6 Å². The summed E-state index contributed by atoms with van der Waals surface area (Å²) in [6.45, 7) is 4.59. The van der Waals surface area contributed by atoms with Gasteiger partial charge in [0.2, 0.25) is 0 Å². The van der Waals surface area contributed by atoms with E-state index >= 15 is 0 Å². The second-order valence-corrected chi connectivity index (χ2v) is 7.53. The van der Waals surface area contributed by atoms with E-state index in [9.17, 15) is 5.11 Å². The predicted octanol–water partition coefficient (Wildman–Crippen LogP) is 1.43. The average Bonchev–Trinajstić information content (AvgIpc) is 3.26. The van der Waals surface area contributed by atoms with Crippen LogP contribution in [0.4, 0.5) is 5.82 Å². The van der Waals surface area contributed by atoms with Crippen molar-refractivity contribution in [1.29, 1.82) is 0 Å². The Hall–Kier alpha value is -1.73. The monoisotopic (exact) mass is 344 g/mol. The Kier molecular flexibility index (Phi) is 4.85. The van der Waals surface area contributed by atoms with E-state index in [4.69, 9.17) is 0 Å². The van der Waals surface area contributed by atoms with Crippen LogP contribution in [-0.2, 0) is 7.05 Å². The molecule has 0 spiro atoms. The van der Waals surface area contributed by atoms with Crippen LogP contribution in [0.3, 0.4) is 0 Å². The topological polar surface area (TPSA) is 70.3 Å². The summed E-state index contributed by atoms with van der Waals surface area (Å²) in [6, 6.07) is 0. The van der Waals surface area contributed by atoms with Gasteiger partial charge in [-0.25, -0.2) is 9.97 Å². The second kappa shape index (κ2) is 7.25. The molecule has 0 amide bonds. The van der Waals surface area contributed by atoms with Crippen molar-refractivity contribution in [2.75, 3.05) is 37.6 Å². The van der Waals surface area contributed by atoms with Gasteiger partial charge in [0, 0.05) is 39.8 Å². The standard InChI is InChI=1S/C18H28N6O/c1-22-17-16(11-21-22)18(20-13-19-17)24-8-6-23(7-9-24)12-15(25)10-14-4-2-3-5-14/h11,13-15,25H,2-10,12H2,1H3. The first-order chi connectivity index (χ1) is 12.2. The summed E-state index contributed by atoms with van der Waals surface area (Å²) in [7, 11) is 1.91. The highest BCUT2D eigenvalue weighted by Crippen LogP contribution is 2.29. The van der Waals surface area contributed by atoms with Crippen LogP contribution in [0.2, 0.25) is 0 Å². The Labute approximate surface area is 148 Å². The number of hydrogen-bond donors (Lipinski definition) is 1. The number of β-amino-alcohol motifs (C(OH)–C–C–N with tert-alkyl or cyclic N) is 1. The lowest BCUT2D eigenvalue weighted by atomic mass is 10.00. The fourth-order valence-electron chi connectivity index (χ4n) is 4.35. The molecule has 2 aromatic heterocycles. The third-order valence-corrected chi connectivity index (χ3v) is 5.73. The smallest absolute Gasteiger partial charge is 0.163 e. The summed E-state index contributed by atoms with van der Waals surface area (Å²) in [6.07, 6.45) is 9.57. The first-order valence-electron chi connectivity index (χ1n) is 9.49. The number of rotatable bonds is 5. The van der Waals surface area contributed by atoms with Crippen molar-refractivity contribution >= 4 is 16.9 Å². The highest BCUT2D eigenvalue weighted by Gasteiger charge is 2.24. The van der Waals surface area contributed by atoms with Gasteiger partial charge in [0.1, 0.15) is 12.1 Å². The molecular formula is C18H28N6O. The number of nitrogens with zero attached hydrogens (tertiary/aromatic N) is 6. The molecule has 4 rings (SSSR count). The molecule has 0 radical (unpaired) electrons.